The topological polar surface area (TPSA) is 86.7 Å². The Balaban J connectivity index is 0.00000312. The molecule has 2 rings (SSSR count). The molecule has 0 amide bonds. The zero-order valence-electron chi connectivity index (χ0n) is 14.6. The van der Waals surface area contributed by atoms with E-state index in [0.29, 0.717) is 5.75 Å². The summed E-state index contributed by atoms with van der Waals surface area (Å²) < 4.78 is 37.9. The molecule has 1 N–H and O–H groups in total. The maximum Gasteiger partial charge on any atom is 1.00 e. The molecule has 0 aliphatic rings. The number of para-hydroxylation sites is 1. The molecule has 25 heavy (non-hydrogen) atoms. The van der Waals surface area contributed by atoms with Crippen molar-refractivity contribution in [3.8, 4) is 17.2 Å². The predicted molar refractivity (Wildman–Crippen MR) is 90.1 cm³/mol. The molecule has 0 radical (unpaired) electrons. The van der Waals surface area contributed by atoms with E-state index < -0.39 is 20.8 Å². The number of hydrogen-bond acceptors (Lipinski definition) is 4. The molecule has 0 atom stereocenters. The summed E-state index contributed by atoms with van der Waals surface area (Å²) in [7, 11) is -4.54. The van der Waals surface area contributed by atoms with Gasteiger partial charge in [-0.25, -0.2) is 0 Å². The maximum atomic E-state index is 11.5. The van der Waals surface area contributed by atoms with Crippen LogP contribution >= 0.6 is 0 Å². The van der Waals surface area contributed by atoms with E-state index in [0.717, 1.165) is 37.3 Å². The fraction of sp³-hybridized carbons (Fsp3) is 0.333. The van der Waals surface area contributed by atoms with Gasteiger partial charge in [0.05, 0.1) is 0 Å². The van der Waals surface area contributed by atoms with Gasteiger partial charge in [-0.1, -0.05) is 50.5 Å². The van der Waals surface area contributed by atoms with E-state index >= 15 is 0 Å². The van der Waals surface area contributed by atoms with Crippen molar-refractivity contribution in [2.75, 3.05) is 0 Å². The van der Waals surface area contributed by atoms with Crippen molar-refractivity contribution in [2.45, 2.75) is 43.9 Å². The third-order valence-electron chi connectivity index (χ3n) is 3.69. The van der Waals surface area contributed by atoms with Crippen LogP contribution in [0, 0.1) is 0 Å². The van der Waals surface area contributed by atoms with Crippen LogP contribution in [0.3, 0.4) is 0 Å². The summed E-state index contributed by atoms with van der Waals surface area (Å²) in [6.45, 7) is 2.15. The largest absolute Gasteiger partial charge is 1.00 e. The van der Waals surface area contributed by atoms with Gasteiger partial charge in [0.25, 0.3) is 10.1 Å². The smallest absolute Gasteiger partial charge is 0.872 e. The average Bonchev–Trinajstić information content (AvgIpc) is 2.53. The van der Waals surface area contributed by atoms with Gasteiger partial charge in [0.1, 0.15) is 16.4 Å². The summed E-state index contributed by atoms with van der Waals surface area (Å²) in [5.74, 6) is -0.0431. The molecular weight excluding hydrogens is 351 g/mol. The molecule has 2 aromatic carbocycles. The molecule has 0 saturated heterocycles. The third-order valence-corrected chi connectivity index (χ3v) is 4.56. The Hall–Kier alpha value is -1.05. The van der Waals surface area contributed by atoms with Gasteiger partial charge in [-0.2, -0.15) is 8.42 Å². The van der Waals surface area contributed by atoms with Crippen LogP contribution in [0.25, 0.3) is 0 Å². The molecule has 0 bridgehead atoms. The third kappa shape index (κ3) is 6.64. The Morgan fingerprint density at radius 1 is 1.04 bits per heavy atom. The molecule has 2 aromatic rings. The summed E-state index contributed by atoms with van der Waals surface area (Å²) in [6.07, 6.45) is 5.26. The molecular formula is C18H21NaO5S. The van der Waals surface area contributed by atoms with Crippen LogP contribution in [0.5, 0.6) is 17.2 Å². The van der Waals surface area contributed by atoms with E-state index in [1.54, 1.807) is 12.1 Å². The van der Waals surface area contributed by atoms with Gasteiger partial charge >= 0.3 is 29.6 Å². The summed E-state index contributed by atoms with van der Waals surface area (Å²) in [6, 6.07) is 10.7. The van der Waals surface area contributed by atoms with Crippen LogP contribution in [-0.4, -0.2) is 13.0 Å². The van der Waals surface area contributed by atoms with Gasteiger partial charge in [0.2, 0.25) is 0 Å². The van der Waals surface area contributed by atoms with Crippen LogP contribution < -0.4 is 39.4 Å². The fourth-order valence-corrected chi connectivity index (χ4v) is 3.07. The number of aryl methyl sites for hydroxylation is 1. The Morgan fingerprint density at radius 2 is 1.76 bits per heavy atom. The summed E-state index contributed by atoms with van der Waals surface area (Å²) >= 11 is 0. The zero-order chi connectivity index (χ0) is 17.6. The van der Waals surface area contributed by atoms with E-state index in [1.165, 1.54) is 18.6 Å². The fourth-order valence-electron chi connectivity index (χ4n) is 2.44. The standard InChI is InChI=1S/C18H22O5S.Na/c1-2-3-4-5-8-14-9-6-7-10-16(14)23-17-12-11-15(19)13-18(17)24(20,21)22;/h6-7,9-13,19H,2-5,8H2,1H3,(H,20,21,22);/q;+1/p-1. The SMILES string of the molecule is CCCCCCc1ccccc1Oc1ccc([O-])cc1S(=O)(=O)O.[Na+]. The normalized spacial score (nSPS) is 11.0. The summed E-state index contributed by atoms with van der Waals surface area (Å²) in [5, 5.41) is 11.4. The van der Waals surface area contributed by atoms with Gasteiger partial charge in [-0.05, 0) is 36.6 Å². The first-order chi connectivity index (χ1) is 11.4. The van der Waals surface area contributed by atoms with Gasteiger partial charge in [0, 0.05) is 0 Å². The Kier molecular flexibility index (Phi) is 8.96. The van der Waals surface area contributed by atoms with E-state index in [1.807, 2.05) is 12.1 Å². The number of rotatable bonds is 8. The minimum Gasteiger partial charge on any atom is -0.872 e. The van der Waals surface area contributed by atoms with Crippen molar-refractivity contribution in [3.63, 3.8) is 0 Å². The number of ether oxygens (including phenoxy) is 1. The van der Waals surface area contributed by atoms with E-state index in [2.05, 4.69) is 6.92 Å². The van der Waals surface area contributed by atoms with Crippen molar-refractivity contribution in [1.29, 1.82) is 0 Å². The molecule has 0 fully saturated rings. The van der Waals surface area contributed by atoms with Crippen LogP contribution in [0.15, 0.2) is 47.4 Å². The van der Waals surface area contributed by atoms with Crippen molar-refractivity contribution in [3.05, 3.63) is 48.0 Å². The van der Waals surface area contributed by atoms with Gasteiger partial charge < -0.3 is 9.84 Å². The van der Waals surface area contributed by atoms with Gasteiger partial charge in [-0.3, -0.25) is 4.55 Å². The first-order valence-corrected chi connectivity index (χ1v) is 9.40. The molecule has 0 saturated carbocycles. The molecule has 0 aliphatic carbocycles. The minimum atomic E-state index is -4.54. The predicted octanol–water partition coefficient (Wildman–Crippen LogP) is 0.926. The number of benzene rings is 2. The van der Waals surface area contributed by atoms with Crippen LogP contribution in [0.2, 0.25) is 0 Å². The summed E-state index contributed by atoms with van der Waals surface area (Å²) in [4.78, 5) is -0.518. The number of unbranched alkanes of at least 4 members (excludes halogenated alkanes) is 3. The monoisotopic (exact) mass is 372 g/mol. The Bertz CT molecular complexity index is 790. The summed E-state index contributed by atoms with van der Waals surface area (Å²) in [5.41, 5.74) is 0.959. The average molecular weight is 372 g/mol. The Labute approximate surface area is 171 Å². The first-order valence-electron chi connectivity index (χ1n) is 7.96. The van der Waals surface area contributed by atoms with Crippen molar-refractivity contribution in [1.82, 2.24) is 0 Å². The molecule has 5 nitrogen and oxygen atoms in total. The molecule has 0 spiro atoms. The molecule has 0 unspecified atom stereocenters. The molecule has 0 aromatic heterocycles. The van der Waals surface area contributed by atoms with Crippen molar-refractivity contribution >= 4 is 10.1 Å². The molecule has 0 aliphatic heterocycles. The van der Waals surface area contributed by atoms with Gasteiger partial charge in [0.15, 0.2) is 0 Å². The Morgan fingerprint density at radius 3 is 2.44 bits per heavy atom. The second kappa shape index (κ2) is 10.2. The zero-order valence-corrected chi connectivity index (χ0v) is 17.4. The van der Waals surface area contributed by atoms with Gasteiger partial charge in [-0.15, -0.1) is 5.75 Å². The van der Waals surface area contributed by atoms with Crippen LogP contribution in [0.4, 0.5) is 0 Å². The molecule has 0 heterocycles. The molecule has 7 heteroatoms. The van der Waals surface area contributed by atoms with E-state index in [-0.39, 0.29) is 35.3 Å². The second-order valence-corrected chi connectivity index (χ2v) is 6.99. The second-order valence-electron chi connectivity index (χ2n) is 5.60. The van der Waals surface area contributed by atoms with E-state index in [9.17, 15) is 18.1 Å². The molecule has 130 valence electrons. The number of hydrogen-bond donors (Lipinski definition) is 1. The van der Waals surface area contributed by atoms with Crippen LogP contribution in [-0.2, 0) is 16.5 Å². The quantitative estimate of drug-likeness (QED) is 0.423. The van der Waals surface area contributed by atoms with E-state index in [4.69, 9.17) is 4.74 Å². The van der Waals surface area contributed by atoms with Crippen molar-refractivity contribution in [2.24, 2.45) is 0 Å². The maximum absolute atomic E-state index is 11.5. The first kappa shape index (κ1) is 22.0. The van der Waals surface area contributed by atoms with Crippen molar-refractivity contribution < 1.29 is 52.4 Å². The van der Waals surface area contributed by atoms with Crippen LogP contribution in [0.1, 0.15) is 38.2 Å². The minimum absolute atomic E-state index is 0.